The molecule has 0 aromatic carbocycles. The molecule has 1 aliphatic rings. The van der Waals surface area contributed by atoms with Gasteiger partial charge in [-0.1, -0.05) is 25.7 Å². The Morgan fingerprint density at radius 2 is 2.21 bits per heavy atom. The maximum absolute atomic E-state index is 5.46. The lowest BCUT2D eigenvalue weighted by molar-refractivity contribution is 0.0738. The Morgan fingerprint density at radius 3 is 2.95 bits per heavy atom. The fourth-order valence-electron chi connectivity index (χ4n) is 2.95. The molecule has 0 radical (unpaired) electrons. The average Bonchev–Trinajstić information content (AvgIpc) is 2.80. The predicted molar refractivity (Wildman–Crippen MR) is 83.1 cm³/mol. The van der Waals surface area contributed by atoms with E-state index in [1.165, 1.54) is 17.8 Å². The van der Waals surface area contributed by atoms with Crippen LogP contribution in [0.1, 0.15) is 37.6 Å². The second kappa shape index (κ2) is 6.56. The van der Waals surface area contributed by atoms with Crippen LogP contribution < -0.4 is 5.73 Å². The van der Waals surface area contributed by atoms with Crippen LogP contribution in [0.2, 0.25) is 0 Å². The summed E-state index contributed by atoms with van der Waals surface area (Å²) in [5.74, 6) is 7.73. The minimum absolute atomic E-state index is 0.434. The zero-order valence-electron chi connectivity index (χ0n) is 12.1. The fourth-order valence-corrected chi connectivity index (χ4v) is 3.80. The van der Waals surface area contributed by atoms with Crippen LogP contribution in [-0.4, -0.2) is 24.0 Å². The molecule has 0 saturated carbocycles. The molecule has 3 heteroatoms. The van der Waals surface area contributed by atoms with E-state index in [1.807, 2.05) is 11.3 Å². The molecule has 1 fully saturated rings. The van der Waals surface area contributed by atoms with Gasteiger partial charge in [0, 0.05) is 29.6 Å². The maximum atomic E-state index is 5.46. The Labute approximate surface area is 121 Å². The molecule has 1 aromatic heterocycles. The third kappa shape index (κ3) is 3.60. The lowest BCUT2D eigenvalue weighted by atomic mass is 9.86. The van der Waals surface area contributed by atoms with Crippen molar-refractivity contribution in [2.24, 2.45) is 17.6 Å². The van der Waals surface area contributed by atoms with Gasteiger partial charge in [-0.2, -0.15) is 0 Å². The van der Waals surface area contributed by atoms with Crippen molar-refractivity contribution >= 4 is 11.3 Å². The van der Waals surface area contributed by atoms with Gasteiger partial charge in [-0.15, -0.1) is 11.3 Å². The number of piperidine rings is 1. The number of hydrogen-bond donors (Lipinski definition) is 1. The van der Waals surface area contributed by atoms with Gasteiger partial charge in [0.05, 0.1) is 6.54 Å². The van der Waals surface area contributed by atoms with E-state index in [9.17, 15) is 0 Å². The normalized spacial score (nSPS) is 27.9. The van der Waals surface area contributed by atoms with Crippen molar-refractivity contribution in [1.82, 2.24) is 4.90 Å². The zero-order valence-corrected chi connectivity index (χ0v) is 13.0. The number of rotatable bonds is 2. The minimum Gasteiger partial charge on any atom is -0.320 e. The first-order chi connectivity index (χ1) is 9.11. The lowest BCUT2D eigenvalue weighted by Crippen LogP contribution is -2.45. The van der Waals surface area contributed by atoms with E-state index in [0.717, 1.165) is 23.9 Å². The van der Waals surface area contributed by atoms with Crippen LogP contribution in [0.3, 0.4) is 0 Å². The molecule has 19 heavy (non-hydrogen) atoms. The first-order valence-electron chi connectivity index (χ1n) is 7.11. The van der Waals surface area contributed by atoms with Crippen molar-refractivity contribution in [3.8, 4) is 11.8 Å². The van der Waals surface area contributed by atoms with Crippen LogP contribution in [0.25, 0.3) is 0 Å². The topological polar surface area (TPSA) is 29.3 Å². The monoisotopic (exact) mass is 276 g/mol. The van der Waals surface area contributed by atoms with Crippen LogP contribution in [0.5, 0.6) is 0 Å². The van der Waals surface area contributed by atoms with Crippen molar-refractivity contribution < 1.29 is 0 Å². The third-order valence-corrected chi connectivity index (χ3v) is 5.04. The number of nitrogens with two attached hydrogens (primary N) is 1. The Hall–Kier alpha value is -0.820. The van der Waals surface area contributed by atoms with Gasteiger partial charge in [0.2, 0.25) is 0 Å². The summed E-state index contributed by atoms with van der Waals surface area (Å²) in [4.78, 5) is 3.99. The summed E-state index contributed by atoms with van der Waals surface area (Å²) in [5, 5.41) is 2.14. The molecule has 1 saturated heterocycles. The summed E-state index contributed by atoms with van der Waals surface area (Å²) in [6.45, 7) is 9.75. The van der Waals surface area contributed by atoms with E-state index in [0.29, 0.717) is 12.6 Å². The summed E-state index contributed by atoms with van der Waals surface area (Å²) in [6.07, 6.45) is 1.35. The van der Waals surface area contributed by atoms with Gasteiger partial charge >= 0.3 is 0 Å². The molecule has 0 aliphatic carbocycles. The van der Waals surface area contributed by atoms with Gasteiger partial charge in [0.15, 0.2) is 0 Å². The quantitative estimate of drug-likeness (QED) is 0.842. The number of hydrogen-bond acceptors (Lipinski definition) is 3. The van der Waals surface area contributed by atoms with Crippen LogP contribution in [0, 0.1) is 23.7 Å². The van der Waals surface area contributed by atoms with E-state index in [-0.39, 0.29) is 0 Å². The van der Waals surface area contributed by atoms with Crippen LogP contribution >= 0.6 is 11.3 Å². The third-order valence-electron chi connectivity index (χ3n) is 4.14. The molecule has 1 aliphatic heterocycles. The van der Waals surface area contributed by atoms with Gasteiger partial charge in [-0.3, -0.25) is 4.90 Å². The summed E-state index contributed by atoms with van der Waals surface area (Å²) in [7, 11) is 0. The molecular formula is C16H24N2S. The molecule has 104 valence electrons. The average molecular weight is 276 g/mol. The van der Waals surface area contributed by atoms with Gasteiger partial charge in [-0.25, -0.2) is 0 Å². The Kier molecular flexibility index (Phi) is 5.04. The highest BCUT2D eigenvalue weighted by Crippen LogP contribution is 2.29. The smallest absolute Gasteiger partial charge is 0.0555 e. The first kappa shape index (κ1) is 14.6. The molecule has 2 heterocycles. The Bertz CT molecular complexity index is 469. The van der Waals surface area contributed by atoms with E-state index in [2.05, 4.69) is 49.0 Å². The molecule has 2 N–H and O–H groups in total. The predicted octanol–water partition coefficient (Wildman–Crippen LogP) is 2.92. The van der Waals surface area contributed by atoms with E-state index < -0.39 is 0 Å². The minimum atomic E-state index is 0.434. The second-order valence-electron chi connectivity index (χ2n) is 5.75. The number of likely N-dealkylation sites (tertiary alicyclic amines) is 1. The van der Waals surface area contributed by atoms with E-state index in [1.54, 1.807) is 0 Å². The highest BCUT2D eigenvalue weighted by atomic mass is 32.1. The number of thiophene rings is 1. The first-order valence-corrected chi connectivity index (χ1v) is 7.99. The number of nitrogens with zero attached hydrogens (tertiary/aromatic N) is 1. The maximum Gasteiger partial charge on any atom is 0.0555 e. The molecular weight excluding hydrogens is 252 g/mol. The van der Waals surface area contributed by atoms with Crippen molar-refractivity contribution in [1.29, 1.82) is 0 Å². The lowest BCUT2D eigenvalue weighted by Gasteiger charge is -2.41. The van der Waals surface area contributed by atoms with E-state index >= 15 is 0 Å². The zero-order chi connectivity index (χ0) is 13.8. The molecule has 2 nitrogen and oxygen atoms in total. The molecule has 0 amide bonds. The van der Waals surface area contributed by atoms with Crippen LogP contribution in [-0.2, 0) is 6.54 Å². The SMILES string of the molecule is CC1CC(C)C(C)N(Cc2sccc2C#CCN)C1. The van der Waals surface area contributed by atoms with Gasteiger partial charge < -0.3 is 5.73 Å². The van der Waals surface area contributed by atoms with Crippen LogP contribution in [0.15, 0.2) is 11.4 Å². The second-order valence-corrected chi connectivity index (χ2v) is 6.75. The summed E-state index contributed by atoms with van der Waals surface area (Å²) in [6, 6.07) is 2.78. The fraction of sp³-hybridized carbons (Fsp3) is 0.625. The molecule has 2 rings (SSSR count). The molecule has 3 atom stereocenters. The van der Waals surface area contributed by atoms with Crippen LogP contribution in [0.4, 0.5) is 0 Å². The molecule has 1 aromatic rings. The largest absolute Gasteiger partial charge is 0.320 e. The molecule has 0 bridgehead atoms. The van der Waals surface area contributed by atoms with Crippen molar-refractivity contribution in [2.75, 3.05) is 13.1 Å². The van der Waals surface area contributed by atoms with Gasteiger partial charge in [-0.05, 0) is 36.6 Å². The summed E-state index contributed by atoms with van der Waals surface area (Å²) < 4.78 is 0. The highest BCUT2D eigenvalue weighted by molar-refractivity contribution is 7.10. The van der Waals surface area contributed by atoms with Gasteiger partial charge in [0.25, 0.3) is 0 Å². The molecule has 0 spiro atoms. The summed E-state index contributed by atoms with van der Waals surface area (Å²) >= 11 is 1.81. The van der Waals surface area contributed by atoms with E-state index in [4.69, 9.17) is 5.73 Å². The standard InChI is InChI=1S/C16H24N2S/c1-12-9-13(2)14(3)18(10-12)11-16-15(5-4-7-17)6-8-19-16/h6,8,12-14H,7,9-11,17H2,1-3H3. The Morgan fingerprint density at radius 1 is 1.42 bits per heavy atom. The van der Waals surface area contributed by atoms with Crippen molar-refractivity contribution in [3.05, 3.63) is 21.9 Å². The highest BCUT2D eigenvalue weighted by Gasteiger charge is 2.29. The summed E-state index contributed by atoms with van der Waals surface area (Å²) in [5.41, 5.74) is 6.62. The van der Waals surface area contributed by atoms with Crippen molar-refractivity contribution in [3.63, 3.8) is 0 Å². The van der Waals surface area contributed by atoms with Crippen molar-refractivity contribution in [2.45, 2.75) is 39.8 Å². The molecule has 3 unspecified atom stereocenters. The Balaban J connectivity index is 2.10. The van der Waals surface area contributed by atoms with Gasteiger partial charge in [0.1, 0.15) is 0 Å².